The van der Waals surface area contributed by atoms with E-state index in [0.29, 0.717) is 15.6 Å². The molecule has 1 aromatic heterocycles. The van der Waals surface area contributed by atoms with Crippen LogP contribution in [-0.2, 0) is 10.0 Å². The number of anilines is 2. The van der Waals surface area contributed by atoms with Gasteiger partial charge in [0.15, 0.2) is 0 Å². The molecule has 0 saturated carbocycles. The molecule has 2 heterocycles. The maximum Gasteiger partial charge on any atom is 0.229 e. The summed E-state index contributed by atoms with van der Waals surface area (Å²) >= 11 is 7.56. The molecule has 25 heavy (non-hydrogen) atoms. The van der Waals surface area contributed by atoms with E-state index in [1.54, 1.807) is 6.07 Å². The first-order chi connectivity index (χ1) is 11.7. The second kappa shape index (κ2) is 6.52. The van der Waals surface area contributed by atoms with E-state index in [-0.39, 0.29) is 12.0 Å². The van der Waals surface area contributed by atoms with Gasteiger partial charge in [-0.2, -0.15) is 5.26 Å². The number of benzene rings is 1. The van der Waals surface area contributed by atoms with Gasteiger partial charge in [0, 0.05) is 29.1 Å². The van der Waals surface area contributed by atoms with Crippen molar-refractivity contribution < 1.29 is 8.42 Å². The number of hydrogen-bond acceptors (Lipinski definition) is 5. The summed E-state index contributed by atoms with van der Waals surface area (Å²) in [6, 6.07) is 9.86. The van der Waals surface area contributed by atoms with Crippen LogP contribution in [0.2, 0.25) is 5.02 Å². The SMILES string of the molecule is CC(C)N1CC(c2cc(Cl)c(C#N)s2)c2ccc(NS(C)(=O)=O)cc21. The molecule has 0 spiro atoms. The van der Waals surface area contributed by atoms with Crippen molar-refractivity contribution in [2.45, 2.75) is 25.8 Å². The molecule has 132 valence electrons. The van der Waals surface area contributed by atoms with E-state index in [4.69, 9.17) is 16.9 Å². The molecule has 1 atom stereocenters. The fourth-order valence-corrected chi connectivity index (χ4v) is 4.98. The number of nitrogens with zero attached hydrogens (tertiary/aromatic N) is 2. The first-order valence-electron chi connectivity index (χ1n) is 7.77. The average molecular weight is 396 g/mol. The van der Waals surface area contributed by atoms with Crippen molar-refractivity contribution >= 4 is 44.3 Å². The van der Waals surface area contributed by atoms with Crippen LogP contribution in [0.15, 0.2) is 24.3 Å². The Morgan fingerprint density at radius 1 is 1.40 bits per heavy atom. The van der Waals surface area contributed by atoms with E-state index in [1.807, 2.05) is 18.2 Å². The van der Waals surface area contributed by atoms with Gasteiger partial charge in [-0.25, -0.2) is 8.42 Å². The lowest BCUT2D eigenvalue weighted by Crippen LogP contribution is -2.29. The van der Waals surface area contributed by atoms with E-state index in [2.05, 4.69) is 29.5 Å². The second-order valence-electron chi connectivity index (χ2n) is 6.38. The first-order valence-corrected chi connectivity index (χ1v) is 10.9. The lowest BCUT2D eigenvalue weighted by molar-refractivity contribution is 0.607. The van der Waals surface area contributed by atoms with Gasteiger partial charge in [-0.3, -0.25) is 4.72 Å². The number of halogens is 1. The molecule has 1 aliphatic heterocycles. The van der Waals surface area contributed by atoms with Crippen LogP contribution in [0.1, 0.15) is 35.1 Å². The molecule has 1 unspecified atom stereocenters. The third kappa shape index (κ3) is 3.61. The number of fused-ring (bicyclic) bond motifs is 1. The largest absolute Gasteiger partial charge is 0.368 e. The minimum absolute atomic E-state index is 0.120. The summed E-state index contributed by atoms with van der Waals surface area (Å²) in [7, 11) is -3.32. The Balaban J connectivity index is 2.05. The molecule has 0 amide bonds. The van der Waals surface area contributed by atoms with Crippen LogP contribution < -0.4 is 9.62 Å². The third-order valence-corrected chi connectivity index (χ3v) is 6.34. The summed E-state index contributed by atoms with van der Waals surface area (Å²) in [5.74, 6) is 0.120. The van der Waals surface area contributed by atoms with Crippen molar-refractivity contribution in [2.75, 3.05) is 22.4 Å². The van der Waals surface area contributed by atoms with Crippen LogP contribution in [0.25, 0.3) is 0 Å². The smallest absolute Gasteiger partial charge is 0.229 e. The number of rotatable bonds is 4. The lowest BCUT2D eigenvalue weighted by atomic mass is 9.99. The van der Waals surface area contributed by atoms with Gasteiger partial charge in [-0.05, 0) is 37.6 Å². The van der Waals surface area contributed by atoms with E-state index in [9.17, 15) is 8.42 Å². The van der Waals surface area contributed by atoms with Gasteiger partial charge in [-0.15, -0.1) is 11.3 Å². The molecule has 1 aliphatic rings. The molecule has 0 aliphatic carbocycles. The highest BCUT2D eigenvalue weighted by Gasteiger charge is 2.33. The zero-order chi connectivity index (χ0) is 18.4. The summed E-state index contributed by atoms with van der Waals surface area (Å²) < 4.78 is 25.5. The summed E-state index contributed by atoms with van der Waals surface area (Å²) in [4.78, 5) is 3.82. The Kier molecular flexibility index (Phi) is 4.71. The zero-order valence-corrected chi connectivity index (χ0v) is 16.5. The molecule has 2 aromatic rings. The first kappa shape index (κ1) is 18.1. The van der Waals surface area contributed by atoms with Crippen LogP contribution in [0.4, 0.5) is 11.4 Å². The zero-order valence-electron chi connectivity index (χ0n) is 14.1. The lowest BCUT2D eigenvalue weighted by Gasteiger charge is -2.24. The monoisotopic (exact) mass is 395 g/mol. The Morgan fingerprint density at radius 3 is 2.68 bits per heavy atom. The van der Waals surface area contributed by atoms with Crippen LogP contribution in [0.5, 0.6) is 0 Å². The molecule has 5 nitrogen and oxygen atoms in total. The summed E-state index contributed by atoms with van der Waals surface area (Å²) in [6.45, 7) is 4.98. The van der Waals surface area contributed by atoms with Gasteiger partial charge in [0.2, 0.25) is 10.0 Å². The molecular weight excluding hydrogens is 378 g/mol. The average Bonchev–Trinajstić information content (AvgIpc) is 3.05. The molecule has 0 radical (unpaired) electrons. The van der Waals surface area contributed by atoms with Crippen molar-refractivity contribution in [1.82, 2.24) is 0 Å². The number of thiophene rings is 1. The van der Waals surface area contributed by atoms with Crippen molar-refractivity contribution in [3.05, 3.63) is 44.6 Å². The topological polar surface area (TPSA) is 73.2 Å². The molecule has 0 fully saturated rings. The highest BCUT2D eigenvalue weighted by molar-refractivity contribution is 7.92. The Bertz CT molecular complexity index is 961. The van der Waals surface area contributed by atoms with E-state index >= 15 is 0 Å². The number of sulfonamides is 1. The Labute approximate surface area is 156 Å². The fraction of sp³-hybridized carbons (Fsp3) is 0.353. The predicted molar refractivity (Wildman–Crippen MR) is 103 cm³/mol. The Hall–Kier alpha value is -1.75. The number of nitrogens with one attached hydrogen (secondary N) is 1. The van der Waals surface area contributed by atoms with Gasteiger partial charge in [0.25, 0.3) is 0 Å². The molecule has 8 heteroatoms. The van der Waals surface area contributed by atoms with Gasteiger partial charge in [0.1, 0.15) is 10.9 Å². The molecule has 1 N–H and O–H groups in total. The van der Waals surface area contributed by atoms with Crippen molar-refractivity contribution in [1.29, 1.82) is 5.26 Å². The summed E-state index contributed by atoms with van der Waals surface area (Å²) in [5, 5.41) is 9.64. The number of hydrogen-bond donors (Lipinski definition) is 1. The van der Waals surface area contributed by atoms with Gasteiger partial charge < -0.3 is 4.90 Å². The molecular formula is C17H18ClN3O2S2. The highest BCUT2D eigenvalue weighted by atomic mass is 35.5. The standard InChI is InChI=1S/C17H18ClN3O2S2/c1-10(2)21-9-13(16-7-14(18)17(8-19)24-16)12-5-4-11(6-15(12)21)20-25(3,22)23/h4-7,10,13,20H,9H2,1-3H3. The van der Waals surface area contributed by atoms with Crippen LogP contribution in [0.3, 0.4) is 0 Å². The van der Waals surface area contributed by atoms with Crippen molar-refractivity contribution in [2.24, 2.45) is 0 Å². The molecule has 3 rings (SSSR count). The van der Waals surface area contributed by atoms with Crippen LogP contribution in [0, 0.1) is 11.3 Å². The van der Waals surface area contributed by atoms with Gasteiger partial charge in [-0.1, -0.05) is 17.7 Å². The van der Waals surface area contributed by atoms with Crippen LogP contribution in [-0.4, -0.2) is 27.3 Å². The number of nitriles is 1. The maximum atomic E-state index is 11.5. The minimum atomic E-state index is -3.32. The Morgan fingerprint density at radius 2 is 2.12 bits per heavy atom. The fourth-order valence-electron chi connectivity index (χ4n) is 3.12. The van der Waals surface area contributed by atoms with Crippen LogP contribution >= 0.6 is 22.9 Å². The summed E-state index contributed by atoms with van der Waals surface area (Å²) in [6.07, 6.45) is 1.14. The maximum absolute atomic E-state index is 11.5. The van der Waals surface area contributed by atoms with Crippen molar-refractivity contribution in [3.8, 4) is 6.07 Å². The van der Waals surface area contributed by atoms with E-state index in [0.717, 1.165) is 28.9 Å². The second-order valence-corrected chi connectivity index (χ2v) is 9.62. The van der Waals surface area contributed by atoms with Gasteiger partial charge in [0.05, 0.1) is 17.0 Å². The minimum Gasteiger partial charge on any atom is -0.368 e. The highest BCUT2D eigenvalue weighted by Crippen LogP contribution is 2.45. The van der Waals surface area contributed by atoms with E-state index in [1.165, 1.54) is 11.3 Å². The predicted octanol–water partition coefficient (Wildman–Crippen LogP) is 4.00. The molecule has 0 bridgehead atoms. The third-order valence-electron chi connectivity index (χ3n) is 4.17. The molecule has 1 aromatic carbocycles. The molecule has 0 saturated heterocycles. The summed E-state index contributed by atoms with van der Waals surface area (Å²) in [5.41, 5.74) is 2.68. The van der Waals surface area contributed by atoms with Gasteiger partial charge >= 0.3 is 0 Å². The van der Waals surface area contributed by atoms with Crippen molar-refractivity contribution in [3.63, 3.8) is 0 Å². The van der Waals surface area contributed by atoms with E-state index < -0.39 is 10.0 Å². The quantitative estimate of drug-likeness (QED) is 0.848. The normalized spacial score (nSPS) is 16.8.